The van der Waals surface area contributed by atoms with Crippen molar-refractivity contribution >= 4 is 16.6 Å². The number of benzene rings is 1. The first-order valence-corrected chi connectivity index (χ1v) is 4.90. The summed E-state index contributed by atoms with van der Waals surface area (Å²) in [6.07, 6.45) is 0. The molecular formula is C11H7N3O3. The molecule has 0 spiro atoms. The molecule has 0 aliphatic carbocycles. The molecule has 2 aromatic heterocycles. The molecule has 3 rings (SSSR count). The Morgan fingerprint density at radius 1 is 0.882 bits per heavy atom. The molecule has 0 aliphatic rings. The van der Waals surface area contributed by atoms with Gasteiger partial charge in [0.05, 0.1) is 10.8 Å². The summed E-state index contributed by atoms with van der Waals surface area (Å²) in [7, 11) is 0. The third-order valence-corrected chi connectivity index (χ3v) is 2.70. The first-order chi connectivity index (χ1) is 8.11. The van der Waals surface area contributed by atoms with Gasteiger partial charge >= 0.3 is 0 Å². The number of hydrogen-bond acceptors (Lipinski definition) is 4. The van der Waals surface area contributed by atoms with E-state index < -0.39 is 16.7 Å². The summed E-state index contributed by atoms with van der Waals surface area (Å²) in [5, 5.41) is 0.463. The maximum atomic E-state index is 12.1. The predicted octanol–water partition coefficient (Wildman–Crippen LogP) is -0.707. The van der Waals surface area contributed by atoms with E-state index >= 15 is 0 Å². The van der Waals surface area contributed by atoms with Crippen molar-refractivity contribution in [2.24, 2.45) is 0 Å². The highest BCUT2D eigenvalue weighted by atomic mass is 16.2. The van der Waals surface area contributed by atoms with Crippen LogP contribution in [-0.4, -0.2) is 9.03 Å². The van der Waals surface area contributed by atoms with Crippen LogP contribution in [-0.2, 0) is 0 Å². The van der Waals surface area contributed by atoms with Crippen molar-refractivity contribution in [1.82, 2.24) is 9.03 Å². The molecule has 0 fully saturated rings. The van der Waals surface area contributed by atoms with Crippen molar-refractivity contribution in [3.05, 3.63) is 61.4 Å². The van der Waals surface area contributed by atoms with Gasteiger partial charge in [0.15, 0.2) is 0 Å². The maximum absolute atomic E-state index is 12.1. The second kappa shape index (κ2) is 2.94. The molecule has 6 nitrogen and oxygen atoms in total. The van der Waals surface area contributed by atoms with Crippen LogP contribution in [0, 0.1) is 0 Å². The molecule has 0 amide bonds. The second-order valence-electron chi connectivity index (χ2n) is 3.69. The minimum absolute atomic E-state index is 0.0390. The highest BCUT2D eigenvalue weighted by molar-refractivity contribution is 5.80. The van der Waals surface area contributed by atoms with Gasteiger partial charge in [-0.1, -0.05) is 12.1 Å². The average Bonchev–Trinajstić information content (AvgIpc) is 2.62. The van der Waals surface area contributed by atoms with Crippen molar-refractivity contribution in [1.29, 1.82) is 0 Å². The Hall–Kier alpha value is -2.63. The Bertz CT molecular complexity index is 907. The lowest BCUT2D eigenvalue weighted by Crippen LogP contribution is -2.34. The quantitative estimate of drug-likeness (QED) is 0.552. The fraction of sp³-hybridized carbons (Fsp3) is 0. The summed E-state index contributed by atoms with van der Waals surface area (Å²) in [6.45, 7) is 0. The number of aromatic nitrogens is 2. The van der Waals surface area contributed by atoms with Crippen LogP contribution < -0.4 is 22.4 Å². The highest BCUT2D eigenvalue weighted by Gasteiger charge is 2.13. The summed E-state index contributed by atoms with van der Waals surface area (Å²) in [5.74, 6) is -0.0390. The highest BCUT2D eigenvalue weighted by Crippen LogP contribution is 2.04. The van der Waals surface area contributed by atoms with E-state index in [9.17, 15) is 14.4 Å². The third-order valence-electron chi connectivity index (χ3n) is 2.70. The second-order valence-corrected chi connectivity index (χ2v) is 3.69. The molecule has 0 unspecified atom stereocenters. The SMILES string of the molecule is Nc1cc(=O)n2c(=O)c3ccccc3c(=O)n12. The molecule has 84 valence electrons. The van der Waals surface area contributed by atoms with Crippen LogP contribution >= 0.6 is 0 Å². The summed E-state index contributed by atoms with van der Waals surface area (Å²) in [6, 6.07) is 7.38. The molecule has 6 heteroatoms. The van der Waals surface area contributed by atoms with E-state index in [1.165, 1.54) is 12.1 Å². The van der Waals surface area contributed by atoms with Crippen LogP contribution in [0.5, 0.6) is 0 Å². The first kappa shape index (κ1) is 9.59. The fourth-order valence-electron chi connectivity index (χ4n) is 1.95. The Labute approximate surface area is 93.5 Å². The first-order valence-electron chi connectivity index (χ1n) is 4.90. The lowest BCUT2D eigenvalue weighted by molar-refractivity contribution is 0.760. The molecule has 0 atom stereocenters. The molecular weight excluding hydrogens is 222 g/mol. The summed E-state index contributed by atoms with van der Waals surface area (Å²) >= 11 is 0. The van der Waals surface area contributed by atoms with Crippen LogP contribution in [0.25, 0.3) is 10.8 Å². The van der Waals surface area contributed by atoms with E-state index in [4.69, 9.17) is 5.73 Å². The smallest absolute Gasteiger partial charge is 0.281 e. The largest absolute Gasteiger partial charge is 0.383 e. The zero-order valence-electron chi connectivity index (χ0n) is 8.58. The maximum Gasteiger partial charge on any atom is 0.281 e. The van der Waals surface area contributed by atoms with E-state index in [0.29, 0.717) is 0 Å². The van der Waals surface area contributed by atoms with E-state index in [2.05, 4.69) is 0 Å². The molecule has 0 aliphatic heterocycles. The summed E-state index contributed by atoms with van der Waals surface area (Å²) < 4.78 is 1.65. The number of fused-ring (bicyclic) bond motifs is 2. The lowest BCUT2D eigenvalue weighted by atomic mass is 10.2. The van der Waals surface area contributed by atoms with E-state index in [1.807, 2.05) is 0 Å². The van der Waals surface area contributed by atoms with E-state index in [0.717, 1.165) is 15.1 Å². The molecule has 0 radical (unpaired) electrons. The van der Waals surface area contributed by atoms with Crippen LogP contribution in [0.1, 0.15) is 0 Å². The van der Waals surface area contributed by atoms with E-state index in [1.54, 1.807) is 12.1 Å². The Morgan fingerprint density at radius 3 is 2.00 bits per heavy atom. The van der Waals surface area contributed by atoms with Gasteiger partial charge in [-0.3, -0.25) is 14.4 Å². The standard InChI is InChI=1S/C11H7N3O3/c12-8-5-9(15)14-11(17)7-4-2-1-3-6(7)10(16)13(8)14/h1-5H,12H2. The van der Waals surface area contributed by atoms with Crippen LogP contribution in [0.15, 0.2) is 44.7 Å². The van der Waals surface area contributed by atoms with Gasteiger partial charge in [-0.05, 0) is 12.1 Å². The van der Waals surface area contributed by atoms with Crippen molar-refractivity contribution in [2.45, 2.75) is 0 Å². The summed E-state index contributed by atoms with van der Waals surface area (Å²) in [5.41, 5.74) is 3.93. The van der Waals surface area contributed by atoms with Crippen molar-refractivity contribution in [3.8, 4) is 0 Å². The predicted molar refractivity (Wildman–Crippen MR) is 62.8 cm³/mol. The zero-order chi connectivity index (χ0) is 12.2. The molecule has 2 heterocycles. The average molecular weight is 229 g/mol. The van der Waals surface area contributed by atoms with Crippen LogP contribution in [0.4, 0.5) is 5.82 Å². The van der Waals surface area contributed by atoms with Gasteiger partial charge in [0.25, 0.3) is 16.7 Å². The molecule has 3 aromatic rings. The zero-order valence-corrected chi connectivity index (χ0v) is 8.58. The molecule has 17 heavy (non-hydrogen) atoms. The number of nitrogens with two attached hydrogens (primary N) is 1. The Balaban J connectivity index is 2.87. The number of nitrogens with zero attached hydrogens (tertiary/aromatic N) is 2. The van der Waals surface area contributed by atoms with Crippen LogP contribution in [0.2, 0.25) is 0 Å². The monoisotopic (exact) mass is 229 g/mol. The van der Waals surface area contributed by atoms with Crippen LogP contribution in [0.3, 0.4) is 0 Å². The summed E-state index contributed by atoms with van der Waals surface area (Å²) in [4.78, 5) is 35.6. The molecule has 0 saturated carbocycles. The minimum Gasteiger partial charge on any atom is -0.383 e. The van der Waals surface area contributed by atoms with Gasteiger partial charge in [-0.15, -0.1) is 0 Å². The van der Waals surface area contributed by atoms with Gasteiger partial charge in [0.2, 0.25) is 0 Å². The molecule has 0 saturated heterocycles. The molecule has 2 N–H and O–H groups in total. The van der Waals surface area contributed by atoms with Crippen molar-refractivity contribution in [3.63, 3.8) is 0 Å². The molecule has 0 bridgehead atoms. The number of hydrogen-bond donors (Lipinski definition) is 1. The van der Waals surface area contributed by atoms with Crippen molar-refractivity contribution in [2.75, 3.05) is 5.73 Å². The third kappa shape index (κ3) is 1.06. The number of anilines is 1. The van der Waals surface area contributed by atoms with E-state index in [-0.39, 0.29) is 16.6 Å². The van der Waals surface area contributed by atoms with Crippen molar-refractivity contribution < 1.29 is 0 Å². The number of rotatable bonds is 0. The topological polar surface area (TPSA) is 86.0 Å². The van der Waals surface area contributed by atoms with Gasteiger partial charge in [-0.2, -0.15) is 9.03 Å². The minimum atomic E-state index is -0.602. The molecule has 1 aromatic carbocycles. The normalized spacial score (nSPS) is 11.3. The van der Waals surface area contributed by atoms with Gasteiger partial charge in [0.1, 0.15) is 5.82 Å². The Morgan fingerprint density at radius 2 is 1.41 bits per heavy atom. The Kier molecular flexibility index (Phi) is 1.66. The lowest BCUT2D eigenvalue weighted by Gasteiger charge is -2.00. The van der Waals surface area contributed by atoms with Gasteiger partial charge in [-0.25, -0.2) is 0 Å². The number of nitrogen functional groups attached to an aromatic ring is 1. The van der Waals surface area contributed by atoms with Gasteiger partial charge in [0, 0.05) is 6.07 Å². The van der Waals surface area contributed by atoms with Gasteiger partial charge < -0.3 is 5.73 Å². The fourth-order valence-corrected chi connectivity index (χ4v) is 1.95.